The lowest BCUT2D eigenvalue weighted by Gasteiger charge is -2.24. The molecular weight excluding hydrogens is 455 g/mol. The molecule has 5 nitrogen and oxygen atoms in total. The number of aliphatic imine (C=N–C) groups is 1. The van der Waals surface area contributed by atoms with E-state index in [0.29, 0.717) is 17.2 Å². The van der Waals surface area contributed by atoms with Gasteiger partial charge in [0, 0.05) is 18.3 Å². The topological polar surface area (TPSA) is 62.5 Å². The third-order valence-corrected chi connectivity index (χ3v) is 6.27. The normalized spacial score (nSPS) is 20.7. The van der Waals surface area contributed by atoms with Crippen LogP contribution in [0, 0.1) is 0 Å². The molecule has 2 N–H and O–H groups in total. The number of rotatable bonds is 5. The van der Waals surface area contributed by atoms with Crippen molar-refractivity contribution in [2.75, 3.05) is 19.3 Å². The SMILES string of the molecule is CN=C(NCc1coc(-c2cccs2)n1)NCC1(C)CCCS1.I. The first-order chi connectivity index (χ1) is 11.2. The van der Waals surface area contributed by atoms with Crippen LogP contribution in [0.1, 0.15) is 25.5 Å². The molecule has 3 rings (SSSR count). The summed E-state index contributed by atoms with van der Waals surface area (Å²) in [5.74, 6) is 2.74. The lowest BCUT2D eigenvalue weighted by molar-refractivity contribution is 0.572. The van der Waals surface area contributed by atoms with E-state index in [-0.39, 0.29) is 24.0 Å². The molecule has 1 aliphatic heterocycles. The number of hydrogen-bond acceptors (Lipinski definition) is 5. The zero-order chi connectivity index (χ0) is 16.1. The van der Waals surface area contributed by atoms with E-state index in [1.165, 1.54) is 18.6 Å². The summed E-state index contributed by atoms with van der Waals surface area (Å²) in [4.78, 5) is 9.83. The Morgan fingerprint density at radius 2 is 2.33 bits per heavy atom. The molecule has 0 aromatic carbocycles. The highest BCUT2D eigenvalue weighted by Gasteiger charge is 2.29. The van der Waals surface area contributed by atoms with Gasteiger partial charge in [-0.05, 0) is 37.0 Å². The van der Waals surface area contributed by atoms with Gasteiger partial charge in [-0.1, -0.05) is 6.07 Å². The lowest BCUT2D eigenvalue weighted by atomic mass is 10.1. The summed E-state index contributed by atoms with van der Waals surface area (Å²) in [6.45, 7) is 3.84. The van der Waals surface area contributed by atoms with Crippen molar-refractivity contribution < 1.29 is 4.42 Å². The summed E-state index contributed by atoms with van der Waals surface area (Å²) in [5, 5.41) is 8.73. The summed E-state index contributed by atoms with van der Waals surface area (Å²) >= 11 is 3.67. The molecule has 0 aliphatic carbocycles. The second-order valence-electron chi connectivity index (χ2n) is 5.80. The zero-order valence-electron chi connectivity index (χ0n) is 13.9. The molecule has 1 atom stereocenters. The molecule has 1 aliphatic rings. The molecule has 132 valence electrons. The van der Waals surface area contributed by atoms with Gasteiger partial charge < -0.3 is 15.1 Å². The second kappa shape index (κ2) is 9.10. The van der Waals surface area contributed by atoms with Crippen molar-refractivity contribution in [1.82, 2.24) is 15.6 Å². The minimum atomic E-state index is 0. The van der Waals surface area contributed by atoms with E-state index in [9.17, 15) is 0 Å². The quantitative estimate of drug-likeness (QED) is 0.387. The van der Waals surface area contributed by atoms with E-state index in [0.717, 1.165) is 23.1 Å². The van der Waals surface area contributed by atoms with Crippen LogP contribution in [0.5, 0.6) is 0 Å². The van der Waals surface area contributed by atoms with Crippen LogP contribution in [0.4, 0.5) is 0 Å². The van der Waals surface area contributed by atoms with Crippen molar-refractivity contribution in [2.45, 2.75) is 31.1 Å². The third-order valence-electron chi connectivity index (χ3n) is 3.87. The Morgan fingerprint density at radius 3 is 3.00 bits per heavy atom. The highest BCUT2D eigenvalue weighted by molar-refractivity contribution is 14.0. The van der Waals surface area contributed by atoms with Crippen LogP contribution in [-0.4, -0.2) is 35.0 Å². The molecule has 1 unspecified atom stereocenters. The molecule has 2 aromatic rings. The maximum atomic E-state index is 5.53. The number of nitrogens with one attached hydrogen (secondary N) is 2. The predicted molar refractivity (Wildman–Crippen MR) is 114 cm³/mol. The minimum absolute atomic E-state index is 0. The largest absolute Gasteiger partial charge is 0.443 e. The van der Waals surface area contributed by atoms with Crippen molar-refractivity contribution in [3.8, 4) is 10.8 Å². The molecule has 0 radical (unpaired) electrons. The summed E-state index contributed by atoms with van der Waals surface area (Å²) in [6, 6.07) is 4.00. The molecule has 2 aromatic heterocycles. The summed E-state index contributed by atoms with van der Waals surface area (Å²) in [5.41, 5.74) is 0.873. The number of nitrogens with zero attached hydrogens (tertiary/aromatic N) is 2. The second-order valence-corrected chi connectivity index (χ2v) is 8.43. The van der Waals surface area contributed by atoms with Gasteiger partial charge in [0.2, 0.25) is 5.89 Å². The molecule has 8 heteroatoms. The number of thioether (sulfide) groups is 1. The van der Waals surface area contributed by atoms with Crippen molar-refractivity contribution in [3.05, 3.63) is 29.5 Å². The van der Waals surface area contributed by atoms with Gasteiger partial charge in [0.05, 0.1) is 17.1 Å². The van der Waals surface area contributed by atoms with E-state index in [4.69, 9.17) is 4.42 Å². The number of halogens is 1. The van der Waals surface area contributed by atoms with E-state index < -0.39 is 0 Å². The first kappa shape index (κ1) is 19.6. The minimum Gasteiger partial charge on any atom is -0.443 e. The highest BCUT2D eigenvalue weighted by Crippen LogP contribution is 2.36. The van der Waals surface area contributed by atoms with Crippen LogP contribution < -0.4 is 10.6 Å². The number of hydrogen-bond donors (Lipinski definition) is 2. The summed E-state index contributed by atoms with van der Waals surface area (Å²) in [6.07, 6.45) is 4.26. The van der Waals surface area contributed by atoms with Crippen molar-refractivity contribution >= 4 is 53.0 Å². The number of guanidine groups is 1. The Morgan fingerprint density at radius 1 is 1.46 bits per heavy atom. The lowest BCUT2D eigenvalue weighted by Crippen LogP contribution is -2.43. The number of aromatic nitrogens is 1. The van der Waals surface area contributed by atoms with E-state index in [1.54, 1.807) is 24.6 Å². The Balaban J connectivity index is 0.00000208. The van der Waals surface area contributed by atoms with Gasteiger partial charge in [-0.25, -0.2) is 4.98 Å². The van der Waals surface area contributed by atoms with E-state index in [1.807, 2.05) is 29.3 Å². The highest BCUT2D eigenvalue weighted by atomic mass is 127. The maximum Gasteiger partial charge on any atom is 0.236 e. The van der Waals surface area contributed by atoms with E-state index in [2.05, 4.69) is 27.5 Å². The molecule has 24 heavy (non-hydrogen) atoms. The van der Waals surface area contributed by atoms with Gasteiger partial charge in [-0.3, -0.25) is 4.99 Å². The fraction of sp³-hybridized carbons (Fsp3) is 0.500. The fourth-order valence-electron chi connectivity index (χ4n) is 2.54. The molecule has 0 bridgehead atoms. The molecular formula is C16H23IN4OS2. The van der Waals surface area contributed by atoms with Crippen molar-refractivity contribution in [1.29, 1.82) is 0 Å². The number of thiophene rings is 1. The van der Waals surface area contributed by atoms with Crippen molar-refractivity contribution in [3.63, 3.8) is 0 Å². The van der Waals surface area contributed by atoms with Crippen LogP contribution in [0.3, 0.4) is 0 Å². The average Bonchev–Trinajstić information content (AvgIpc) is 3.29. The van der Waals surface area contributed by atoms with Crippen LogP contribution >= 0.6 is 47.1 Å². The Kier molecular flexibility index (Phi) is 7.42. The summed E-state index contributed by atoms with van der Waals surface area (Å²) in [7, 11) is 1.79. The zero-order valence-corrected chi connectivity index (χ0v) is 17.8. The molecule has 0 saturated carbocycles. The average molecular weight is 478 g/mol. The maximum absolute atomic E-state index is 5.53. The monoisotopic (exact) mass is 478 g/mol. The van der Waals surface area contributed by atoms with Gasteiger partial charge in [-0.2, -0.15) is 11.8 Å². The van der Waals surface area contributed by atoms with Gasteiger partial charge in [0.1, 0.15) is 6.26 Å². The Hall–Kier alpha value is -0.740. The summed E-state index contributed by atoms with van der Waals surface area (Å²) < 4.78 is 5.85. The Labute approximate surface area is 168 Å². The first-order valence-electron chi connectivity index (χ1n) is 7.75. The predicted octanol–water partition coefficient (Wildman–Crippen LogP) is 3.97. The molecule has 1 fully saturated rings. The van der Waals surface area contributed by atoms with Crippen molar-refractivity contribution in [2.24, 2.45) is 4.99 Å². The smallest absolute Gasteiger partial charge is 0.236 e. The molecule has 3 heterocycles. The number of oxazole rings is 1. The Bertz CT molecular complexity index is 651. The van der Waals surface area contributed by atoms with Gasteiger partial charge >= 0.3 is 0 Å². The van der Waals surface area contributed by atoms with Gasteiger partial charge in [-0.15, -0.1) is 35.3 Å². The van der Waals surface area contributed by atoms with E-state index >= 15 is 0 Å². The standard InChI is InChI=1S/C16H22N4OS2.HI/c1-16(6-4-8-23-16)11-19-15(17-2)18-9-12-10-21-14(20-12)13-5-3-7-22-13;/h3,5,7,10H,4,6,8-9,11H2,1-2H3,(H2,17,18,19);1H. The third kappa shape index (κ3) is 5.13. The van der Waals surface area contributed by atoms with Crippen LogP contribution in [0.15, 0.2) is 33.2 Å². The van der Waals surface area contributed by atoms with Crippen LogP contribution in [0.2, 0.25) is 0 Å². The van der Waals surface area contributed by atoms with Gasteiger partial charge in [0.25, 0.3) is 0 Å². The van der Waals surface area contributed by atoms with Gasteiger partial charge in [0.15, 0.2) is 5.96 Å². The fourth-order valence-corrected chi connectivity index (χ4v) is 4.44. The van der Waals surface area contributed by atoms with Crippen LogP contribution in [0.25, 0.3) is 10.8 Å². The first-order valence-corrected chi connectivity index (χ1v) is 9.62. The van der Waals surface area contributed by atoms with Crippen LogP contribution in [-0.2, 0) is 6.54 Å². The molecule has 0 spiro atoms. The molecule has 0 amide bonds. The molecule has 1 saturated heterocycles.